The molecule has 7 nitrogen and oxygen atoms in total. The van der Waals surface area contributed by atoms with Crippen molar-refractivity contribution in [2.24, 2.45) is 5.73 Å². The van der Waals surface area contributed by atoms with Crippen molar-refractivity contribution in [2.45, 2.75) is 32.8 Å². The van der Waals surface area contributed by atoms with Gasteiger partial charge < -0.3 is 20.1 Å². The summed E-state index contributed by atoms with van der Waals surface area (Å²) in [4.78, 5) is 15.1. The van der Waals surface area contributed by atoms with Crippen LogP contribution in [0.4, 0.5) is 0 Å². The largest absolute Gasteiger partial charge is 0.400 e. The molecule has 2 aliphatic rings. The predicted octanol–water partition coefficient (Wildman–Crippen LogP) is 3.43. The maximum Gasteiger partial charge on any atom is 0.254 e. The van der Waals surface area contributed by atoms with E-state index in [2.05, 4.69) is 6.07 Å². The number of carbonyl (C=O) groups excluding carboxylic acids is 1. The van der Waals surface area contributed by atoms with Crippen LogP contribution in [0.5, 0.6) is 0 Å². The summed E-state index contributed by atoms with van der Waals surface area (Å²) in [5, 5.41) is 17.7. The van der Waals surface area contributed by atoms with Gasteiger partial charge in [-0.25, -0.2) is 0 Å². The van der Waals surface area contributed by atoms with Gasteiger partial charge in [0.25, 0.3) is 5.91 Å². The maximum absolute atomic E-state index is 13.3. The van der Waals surface area contributed by atoms with E-state index in [1.807, 2.05) is 62.1 Å². The van der Waals surface area contributed by atoms with E-state index in [-0.39, 0.29) is 24.5 Å². The van der Waals surface area contributed by atoms with Crippen LogP contribution in [-0.4, -0.2) is 55.5 Å². The van der Waals surface area contributed by atoms with E-state index < -0.39 is 0 Å². The lowest BCUT2D eigenvalue weighted by Crippen LogP contribution is -2.48. The SMILES string of the molecule is CC(C(=N)c1cc(C(=O)N2CC(c3ccc(C#N)cc3)C2)c(C)cc1C)=C(N)COC1COC1. The molecule has 1 amide bonds. The topological polar surface area (TPSA) is 112 Å². The average molecular weight is 459 g/mol. The van der Waals surface area contributed by atoms with E-state index in [0.717, 1.165) is 16.7 Å². The molecule has 0 spiro atoms. The maximum atomic E-state index is 13.3. The van der Waals surface area contributed by atoms with Gasteiger partial charge >= 0.3 is 0 Å². The van der Waals surface area contributed by atoms with Crippen molar-refractivity contribution in [3.8, 4) is 6.07 Å². The smallest absolute Gasteiger partial charge is 0.254 e. The van der Waals surface area contributed by atoms with Crippen LogP contribution < -0.4 is 5.73 Å². The third-order valence-corrected chi connectivity index (χ3v) is 6.69. The zero-order valence-corrected chi connectivity index (χ0v) is 19.9. The Labute approximate surface area is 200 Å². The molecule has 2 aromatic carbocycles. The number of aryl methyl sites for hydroxylation is 2. The van der Waals surface area contributed by atoms with Crippen LogP contribution in [-0.2, 0) is 9.47 Å². The van der Waals surface area contributed by atoms with Crippen molar-refractivity contribution in [1.29, 1.82) is 10.7 Å². The third-order valence-electron chi connectivity index (χ3n) is 6.69. The summed E-state index contributed by atoms with van der Waals surface area (Å²) in [5.74, 6) is 0.241. The van der Waals surface area contributed by atoms with Crippen molar-refractivity contribution in [2.75, 3.05) is 32.9 Å². The Bertz CT molecular complexity index is 1180. The first-order chi connectivity index (χ1) is 16.3. The highest BCUT2D eigenvalue weighted by Crippen LogP contribution is 2.30. The Morgan fingerprint density at radius 1 is 1.18 bits per heavy atom. The van der Waals surface area contributed by atoms with Gasteiger partial charge in [0, 0.05) is 35.8 Å². The van der Waals surface area contributed by atoms with Gasteiger partial charge in [-0.3, -0.25) is 10.2 Å². The molecule has 3 N–H and O–H groups in total. The highest BCUT2D eigenvalue weighted by atomic mass is 16.6. The van der Waals surface area contributed by atoms with Crippen molar-refractivity contribution in [1.82, 2.24) is 4.90 Å². The Balaban J connectivity index is 1.47. The Kier molecular flexibility index (Phi) is 6.82. The average Bonchev–Trinajstić information content (AvgIpc) is 2.76. The van der Waals surface area contributed by atoms with Gasteiger partial charge in [0.2, 0.25) is 0 Å². The fraction of sp³-hybridized carbons (Fsp3) is 0.370. The highest BCUT2D eigenvalue weighted by Gasteiger charge is 2.33. The molecule has 0 atom stereocenters. The number of allylic oxidation sites excluding steroid dienone is 1. The van der Waals surface area contributed by atoms with E-state index in [1.54, 1.807) is 0 Å². The minimum absolute atomic E-state index is 0.0284. The van der Waals surface area contributed by atoms with Gasteiger partial charge in [-0.15, -0.1) is 0 Å². The third kappa shape index (κ3) is 4.74. The predicted molar refractivity (Wildman–Crippen MR) is 130 cm³/mol. The molecule has 0 bridgehead atoms. The molecule has 0 radical (unpaired) electrons. The molecule has 34 heavy (non-hydrogen) atoms. The van der Waals surface area contributed by atoms with Crippen LogP contribution in [0, 0.1) is 30.6 Å². The number of rotatable bonds is 7. The molecule has 2 aromatic rings. The summed E-state index contributed by atoms with van der Waals surface area (Å²) in [6.45, 7) is 8.38. The van der Waals surface area contributed by atoms with E-state index in [1.165, 1.54) is 0 Å². The van der Waals surface area contributed by atoms with Crippen LogP contribution in [0.3, 0.4) is 0 Å². The molecule has 7 heteroatoms. The summed E-state index contributed by atoms with van der Waals surface area (Å²) in [5.41, 5.74) is 12.6. The number of ether oxygens (including phenoxy) is 2. The summed E-state index contributed by atoms with van der Waals surface area (Å²) < 4.78 is 10.8. The first kappa shape index (κ1) is 23.7. The normalized spacial score (nSPS) is 16.8. The lowest BCUT2D eigenvalue weighted by molar-refractivity contribution is -0.124. The quantitative estimate of drug-likeness (QED) is 0.617. The second kappa shape index (κ2) is 9.80. The number of likely N-dealkylation sites (tertiary alicyclic amines) is 1. The highest BCUT2D eigenvalue weighted by molar-refractivity contribution is 6.12. The van der Waals surface area contributed by atoms with Gasteiger partial charge in [-0.2, -0.15) is 5.26 Å². The lowest BCUT2D eigenvalue weighted by atomic mass is 9.89. The summed E-state index contributed by atoms with van der Waals surface area (Å²) in [6.07, 6.45) is 0.0653. The molecule has 0 saturated carbocycles. The molecular weight excluding hydrogens is 428 g/mol. The Morgan fingerprint density at radius 2 is 1.82 bits per heavy atom. The molecule has 0 aliphatic carbocycles. The molecule has 2 aliphatic heterocycles. The number of nitriles is 1. The number of carbonyl (C=O) groups is 1. The van der Waals surface area contributed by atoms with Crippen LogP contribution in [0.25, 0.3) is 0 Å². The van der Waals surface area contributed by atoms with Crippen molar-refractivity contribution >= 4 is 11.6 Å². The number of nitrogens with two attached hydrogens (primary N) is 1. The van der Waals surface area contributed by atoms with Crippen LogP contribution >= 0.6 is 0 Å². The van der Waals surface area contributed by atoms with E-state index in [9.17, 15) is 4.79 Å². The summed E-state index contributed by atoms with van der Waals surface area (Å²) >= 11 is 0. The summed E-state index contributed by atoms with van der Waals surface area (Å²) in [6, 6.07) is 13.5. The second-order valence-corrected chi connectivity index (χ2v) is 9.12. The molecule has 0 unspecified atom stereocenters. The Hall–Kier alpha value is -3.47. The van der Waals surface area contributed by atoms with Gasteiger partial charge in [0.05, 0.1) is 37.2 Å². The fourth-order valence-corrected chi connectivity index (χ4v) is 4.20. The number of nitrogens with one attached hydrogen (secondary N) is 1. The molecule has 176 valence electrons. The van der Waals surface area contributed by atoms with Crippen molar-refractivity contribution in [3.63, 3.8) is 0 Å². The molecule has 4 rings (SSSR count). The molecular formula is C27H30N4O3. The number of benzene rings is 2. The van der Waals surface area contributed by atoms with Crippen LogP contribution in [0.2, 0.25) is 0 Å². The first-order valence-corrected chi connectivity index (χ1v) is 11.4. The fourth-order valence-electron chi connectivity index (χ4n) is 4.20. The van der Waals surface area contributed by atoms with Gasteiger partial charge in [0.1, 0.15) is 6.10 Å². The minimum atomic E-state index is -0.0284. The first-order valence-electron chi connectivity index (χ1n) is 11.4. The van der Waals surface area contributed by atoms with Crippen molar-refractivity contribution < 1.29 is 14.3 Å². The van der Waals surface area contributed by atoms with Crippen molar-refractivity contribution in [3.05, 3.63) is 81.0 Å². The second-order valence-electron chi connectivity index (χ2n) is 9.12. The minimum Gasteiger partial charge on any atom is -0.400 e. The van der Waals surface area contributed by atoms with Crippen LogP contribution in [0.1, 0.15) is 51.0 Å². The zero-order valence-electron chi connectivity index (χ0n) is 19.9. The number of amides is 1. The number of hydrogen-bond acceptors (Lipinski definition) is 6. The number of hydrogen-bond donors (Lipinski definition) is 2. The van der Waals surface area contributed by atoms with Crippen LogP contribution in [0.15, 0.2) is 47.7 Å². The lowest BCUT2D eigenvalue weighted by Gasteiger charge is -2.40. The van der Waals surface area contributed by atoms with Gasteiger partial charge in [-0.1, -0.05) is 18.2 Å². The molecule has 0 aromatic heterocycles. The molecule has 2 saturated heterocycles. The summed E-state index contributed by atoms with van der Waals surface area (Å²) in [7, 11) is 0. The number of nitrogens with zero attached hydrogens (tertiary/aromatic N) is 2. The standard InChI is InChI=1S/C27H30N4O3/c1-16-8-17(2)24(9-23(16)26(30)18(3)25(29)15-34-22-13-33-14-22)27(32)31-11-21(12-31)20-6-4-19(10-28)5-7-20/h4-9,21-22,30H,11-15,29H2,1-3H3. The van der Waals surface area contributed by atoms with E-state index in [0.29, 0.717) is 60.0 Å². The molecule has 2 fully saturated rings. The Morgan fingerprint density at radius 3 is 2.41 bits per heavy atom. The van der Waals surface area contributed by atoms with E-state index >= 15 is 0 Å². The zero-order chi connectivity index (χ0) is 24.4. The monoisotopic (exact) mass is 458 g/mol. The molecule has 2 heterocycles. The van der Waals surface area contributed by atoms with E-state index in [4.69, 9.17) is 25.9 Å². The van der Waals surface area contributed by atoms with Gasteiger partial charge in [-0.05, 0) is 61.2 Å². The van der Waals surface area contributed by atoms with Gasteiger partial charge in [0.15, 0.2) is 0 Å².